The van der Waals surface area contributed by atoms with Crippen molar-refractivity contribution in [2.45, 2.75) is 6.54 Å². The number of hydrogen-bond acceptors (Lipinski definition) is 3. The third-order valence-corrected chi connectivity index (χ3v) is 4.50. The number of rotatable bonds is 7. The number of thiophene rings is 1. The van der Waals surface area contributed by atoms with E-state index >= 15 is 0 Å². The molecule has 2 aromatic rings. The summed E-state index contributed by atoms with van der Waals surface area (Å²) < 4.78 is 14.2. The van der Waals surface area contributed by atoms with E-state index in [-0.39, 0.29) is 12.2 Å². The first-order chi connectivity index (χ1) is 12.0. The first kappa shape index (κ1) is 19.1. The van der Waals surface area contributed by atoms with Gasteiger partial charge >= 0.3 is 6.03 Å². The fraction of sp³-hybridized carbons (Fsp3) is 0.176. The molecule has 1 unspecified atom stereocenters. The Hall–Kier alpha value is -2.22. The fourth-order valence-corrected chi connectivity index (χ4v) is 3.38. The number of amides is 3. The van der Waals surface area contributed by atoms with Crippen molar-refractivity contribution in [2.24, 2.45) is 0 Å². The Morgan fingerprint density at radius 2 is 2.04 bits per heavy atom. The highest BCUT2D eigenvalue weighted by atomic mass is 35.5. The van der Waals surface area contributed by atoms with Crippen LogP contribution in [0.5, 0.6) is 0 Å². The summed E-state index contributed by atoms with van der Waals surface area (Å²) >= 11 is 7.36. The highest BCUT2D eigenvalue weighted by Crippen LogP contribution is 2.20. The molecule has 132 valence electrons. The number of anilines is 1. The Bertz CT molecular complexity index is 766. The van der Waals surface area contributed by atoms with Crippen molar-refractivity contribution in [1.82, 2.24) is 5.32 Å². The van der Waals surface area contributed by atoms with Crippen LogP contribution >= 0.6 is 22.9 Å². The highest BCUT2D eigenvalue weighted by molar-refractivity contribution is 7.16. The minimum atomic E-state index is -0.771. The van der Waals surface area contributed by atoms with Crippen LogP contribution in [0.3, 0.4) is 0 Å². The predicted octanol–water partition coefficient (Wildman–Crippen LogP) is 2.46. The number of quaternary nitrogens is 1. The quantitative estimate of drug-likeness (QED) is 0.644. The average Bonchev–Trinajstić information content (AvgIpc) is 2.94. The van der Waals surface area contributed by atoms with E-state index in [1.165, 1.54) is 29.5 Å². The molecule has 0 aliphatic rings. The number of halogens is 2. The monoisotopic (exact) mass is 382 g/mol. The SMILES string of the molecule is C=CC[NH+](CC(=O)NC(=O)Nc1ccccc1F)Cc1ccc(Cl)s1. The molecule has 1 aromatic carbocycles. The van der Waals surface area contributed by atoms with E-state index in [1.54, 1.807) is 18.2 Å². The van der Waals surface area contributed by atoms with Crippen LogP contribution < -0.4 is 15.5 Å². The van der Waals surface area contributed by atoms with E-state index in [0.29, 0.717) is 17.4 Å². The molecule has 3 N–H and O–H groups in total. The molecule has 0 aliphatic heterocycles. The maximum atomic E-state index is 13.5. The maximum Gasteiger partial charge on any atom is 0.326 e. The summed E-state index contributed by atoms with van der Waals surface area (Å²) in [5.74, 6) is -1.04. The van der Waals surface area contributed by atoms with Crippen molar-refractivity contribution < 1.29 is 18.9 Å². The molecule has 2 rings (SSSR count). The largest absolute Gasteiger partial charge is 0.326 e. The van der Waals surface area contributed by atoms with Gasteiger partial charge in [-0.3, -0.25) is 10.1 Å². The van der Waals surface area contributed by atoms with Crippen LogP contribution in [-0.4, -0.2) is 25.0 Å². The minimum absolute atomic E-state index is 0.0105. The minimum Gasteiger partial charge on any atom is -0.319 e. The van der Waals surface area contributed by atoms with Crippen molar-refractivity contribution in [2.75, 3.05) is 18.4 Å². The number of imide groups is 1. The third-order valence-electron chi connectivity index (χ3n) is 3.27. The summed E-state index contributed by atoms with van der Waals surface area (Å²) in [5, 5.41) is 4.51. The number of nitrogens with one attached hydrogen (secondary N) is 3. The Kier molecular flexibility index (Phi) is 7.12. The summed E-state index contributed by atoms with van der Waals surface area (Å²) in [4.78, 5) is 25.8. The van der Waals surface area contributed by atoms with Crippen LogP contribution in [-0.2, 0) is 11.3 Å². The molecular formula is C17H18ClFN3O2S+. The normalized spacial score (nSPS) is 11.6. The second kappa shape index (κ2) is 9.31. The van der Waals surface area contributed by atoms with E-state index in [2.05, 4.69) is 17.2 Å². The molecule has 0 fully saturated rings. The molecule has 0 saturated carbocycles. The van der Waals surface area contributed by atoms with Crippen LogP contribution in [0, 0.1) is 5.82 Å². The van der Waals surface area contributed by atoms with E-state index in [1.807, 2.05) is 6.07 Å². The molecule has 0 radical (unpaired) electrons. The number of carbonyl (C=O) groups excluding carboxylic acids is 2. The maximum absolute atomic E-state index is 13.5. The summed E-state index contributed by atoms with van der Waals surface area (Å²) in [7, 11) is 0. The van der Waals surface area contributed by atoms with Crippen LogP contribution in [0.2, 0.25) is 4.34 Å². The summed E-state index contributed by atoms with van der Waals surface area (Å²) in [6.45, 7) is 4.90. The first-order valence-electron chi connectivity index (χ1n) is 7.52. The van der Waals surface area contributed by atoms with Gasteiger partial charge in [0.05, 0.1) is 21.4 Å². The van der Waals surface area contributed by atoms with Gasteiger partial charge in [0.15, 0.2) is 6.54 Å². The molecule has 5 nitrogen and oxygen atoms in total. The van der Waals surface area contributed by atoms with Gasteiger partial charge in [-0.2, -0.15) is 0 Å². The van der Waals surface area contributed by atoms with Crippen molar-refractivity contribution in [3.8, 4) is 0 Å². The Balaban J connectivity index is 1.88. The predicted molar refractivity (Wildman–Crippen MR) is 97.5 cm³/mol. The zero-order valence-electron chi connectivity index (χ0n) is 13.4. The van der Waals surface area contributed by atoms with E-state index in [0.717, 1.165) is 9.78 Å². The van der Waals surface area contributed by atoms with Crippen molar-refractivity contribution in [3.05, 3.63) is 64.1 Å². The summed E-state index contributed by atoms with van der Waals surface area (Å²) in [6, 6.07) is 8.66. The van der Waals surface area contributed by atoms with Gasteiger partial charge < -0.3 is 10.2 Å². The number of benzene rings is 1. The highest BCUT2D eigenvalue weighted by Gasteiger charge is 2.17. The fourth-order valence-electron chi connectivity index (χ4n) is 2.22. The Morgan fingerprint density at radius 1 is 1.28 bits per heavy atom. The van der Waals surface area contributed by atoms with Gasteiger partial charge in [-0.15, -0.1) is 11.3 Å². The Labute approximate surface area is 154 Å². The number of urea groups is 1. The molecular weight excluding hydrogens is 365 g/mol. The van der Waals surface area contributed by atoms with E-state index < -0.39 is 17.8 Å². The summed E-state index contributed by atoms with van der Waals surface area (Å²) in [5.41, 5.74) is 0.0105. The molecule has 3 amide bonds. The standard InChI is InChI=1S/C17H17ClFN3O2S/c1-2-9-22(10-12-7-8-15(18)25-12)11-16(23)21-17(24)20-14-6-4-3-5-13(14)19/h2-8H,1,9-11H2,(H2,20,21,23,24)/p+1. The second-order valence-electron chi connectivity index (χ2n) is 5.28. The van der Waals surface area contributed by atoms with Gasteiger partial charge in [0.25, 0.3) is 5.91 Å². The van der Waals surface area contributed by atoms with Crippen LogP contribution in [0.4, 0.5) is 14.9 Å². The van der Waals surface area contributed by atoms with Gasteiger partial charge in [0.2, 0.25) is 0 Å². The molecule has 0 spiro atoms. The molecule has 1 atom stereocenters. The van der Waals surface area contributed by atoms with Crippen LogP contribution in [0.1, 0.15) is 4.88 Å². The van der Waals surface area contributed by atoms with Gasteiger partial charge in [-0.05, 0) is 30.3 Å². The van der Waals surface area contributed by atoms with Crippen LogP contribution in [0.15, 0.2) is 49.1 Å². The third kappa shape index (κ3) is 6.30. The molecule has 1 heterocycles. The van der Waals surface area contributed by atoms with Crippen molar-refractivity contribution >= 4 is 40.6 Å². The summed E-state index contributed by atoms with van der Waals surface area (Å²) in [6.07, 6.45) is 1.71. The zero-order chi connectivity index (χ0) is 18.2. The molecule has 0 saturated heterocycles. The first-order valence-corrected chi connectivity index (χ1v) is 8.71. The van der Waals surface area contributed by atoms with Gasteiger partial charge in [0.1, 0.15) is 12.4 Å². The lowest BCUT2D eigenvalue weighted by molar-refractivity contribution is -0.899. The second-order valence-corrected chi connectivity index (χ2v) is 7.08. The smallest absolute Gasteiger partial charge is 0.319 e. The van der Waals surface area contributed by atoms with Gasteiger partial charge in [0, 0.05) is 0 Å². The van der Waals surface area contributed by atoms with Crippen LogP contribution in [0.25, 0.3) is 0 Å². The number of hydrogen-bond donors (Lipinski definition) is 3. The molecule has 0 bridgehead atoms. The molecule has 0 aliphatic carbocycles. The van der Waals surface area contributed by atoms with Gasteiger partial charge in [-0.25, -0.2) is 9.18 Å². The molecule has 1 aromatic heterocycles. The molecule has 25 heavy (non-hydrogen) atoms. The molecule has 8 heteroatoms. The lowest BCUT2D eigenvalue weighted by atomic mass is 10.3. The van der Waals surface area contributed by atoms with Gasteiger partial charge in [-0.1, -0.05) is 30.3 Å². The lowest BCUT2D eigenvalue weighted by Crippen LogP contribution is -3.11. The topological polar surface area (TPSA) is 62.6 Å². The lowest BCUT2D eigenvalue weighted by Gasteiger charge is -2.16. The number of carbonyl (C=O) groups is 2. The Morgan fingerprint density at radius 3 is 2.68 bits per heavy atom. The number of para-hydroxylation sites is 1. The van der Waals surface area contributed by atoms with E-state index in [4.69, 9.17) is 11.6 Å². The van der Waals surface area contributed by atoms with Crippen molar-refractivity contribution in [3.63, 3.8) is 0 Å². The average molecular weight is 383 g/mol. The van der Waals surface area contributed by atoms with E-state index in [9.17, 15) is 14.0 Å². The van der Waals surface area contributed by atoms with Crippen molar-refractivity contribution in [1.29, 1.82) is 0 Å². The zero-order valence-corrected chi connectivity index (χ0v) is 14.9.